The van der Waals surface area contributed by atoms with Crippen LogP contribution in [0.4, 0.5) is 0 Å². The number of nitrogens with zero attached hydrogens (tertiary/aromatic N) is 1. The highest BCUT2D eigenvalue weighted by Gasteiger charge is 2.15. The Hall–Kier alpha value is -3.24. The standard InChI is InChI=1S/C25H26BrN3O3/c1-4-16(2)32-24-13-21(26)18(12-23(24)31-3)11-19(14-27)25(30)28-10-9-17-15-29-22-8-6-5-7-20(17)22/h5-8,11-13,15-16,29H,4,9-10H2,1-3H3,(H,28,30)/b19-11-/t16-/m0/s1. The molecule has 0 fully saturated rings. The first-order valence-corrected chi connectivity index (χ1v) is 11.2. The van der Waals surface area contributed by atoms with Gasteiger partial charge in [0.15, 0.2) is 11.5 Å². The number of nitrogens with one attached hydrogen (secondary N) is 2. The van der Waals surface area contributed by atoms with Crippen LogP contribution in [0.2, 0.25) is 0 Å². The quantitative estimate of drug-likeness (QED) is 0.308. The Morgan fingerprint density at radius 3 is 2.81 bits per heavy atom. The molecule has 1 amide bonds. The number of para-hydroxylation sites is 1. The minimum absolute atomic E-state index is 0.0160. The summed E-state index contributed by atoms with van der Waals surface area (Å²) in [5.74, 6) is 0.725. The van der Waals surface area contributed by atoms with Gasteiger partial charge in [0.25, 0.3) is 5.91 Å². The van der Waals surface area contributed by atoms with Crippen LogP contribution in [0.25, 0.3) is 17.0 Å². The van der Waals surface area contributed by atoms with Crippen molar-refractivity contribution in [3.63, 3.8) is 0 Å². The maximum absolute atomic E-state index is 12.6. The van der Waals surface area contributed by atoms with E-state index in [1.54, 1.807) is 25.3 Å². The molecule has 1 heterocycles. The van der Waals surface area contributed by atoms with Crippen molar-refractivity contribution in [2.75, 3.05) is 13.7 Å². The van der Waals surface area contributed by atoms with E-state index in [1.807, 2.05) is 50.4 Å². The van der Waals surface area contributed by atoms with Gasteiger partial charge < -0.3 is 19.8 Å². The molecule has 3 rings (SSSR count). The Balaban J connectivity index is 1.72. The van der Waals surface area contributed by atoms with E-state index in [0.29, 0.717) is 34.5 Å². The zero-order valence-electron chi connectivity index (χ0n) is 18.4. The van der Waals surface area contributed by atoms with Crippen LogP contribution in [-0.4, -0.2) is 30.6 Å². The Morgan fingerprint density at radius 2 is 2.09 bits per heavy atom. The zero-order valence-corrected chi connectivity index (χ0v) is 20.0. The first kappa shape index (κ1) is 23.4. The van der Waals surface area contributed by atoms with E-state index in [-0.39, 0.29) is 11.7 Å². The van der Waals surface area contributed by atoms with E-state index in [2.05, 4.69) is 26.2 Å². The van der Waals surface area contributed by atoms with Crippen molar-refractivity contribution in [3.8, 4) is 17.6 Å². The van der Waals surface area contributed by atoms with Crippen LogP contribution in [0.3, 0.4) is 0 Å². The van der Waals surface area contributed by atoms with Gasteiger partial charge in [-0.2, -0.15) is 5.26 Å². The molecule has 7 heteroatoms. The van der Waals surface area contributed by atoms with Gasteiger partial charge in [0.2, 0.25) is 0 Å². The second kappa shape index (κ2) is 10.9. The lowest BCUT2D eigenvalue weighted by Gasteiger charge is -2.17. The molecular formula is C25H26BrN3O3. The summed E-state index contributed by atoms with van der Waals surface area (Å²) in [5, 5.41) is 13.5. The summed E-state index contributed by atoms with van der Waals surface area (Å²) >= 11 is 3.51. The molecule has 0 aliphatic rings. The largest absolute Gasteiger partial charge is 0.493 e. The van der Waals surface area contributed by atoms with Gasteiger partial charge in [0.1, 0.15) is 11.6 Å². The molecule has 2 aromatic carbocycles. The predicted molar refractivity (Wildman–Crippen MR) is 130 cm³/mol. The maximum atomic E-state index is 12.6. The van der Waals surface area contributed by atoms with Crippen molar-refractivity contribution < 1.29 is 14.3 Å². The Morgan fingerprint density at radius 1 is 1.31 bits per heavy atom. The molecule has 0 spiro atoms. The van der Waals surface area contributed by atoms with Crippen molar-refractivity contribution in [1.82, 2.24) is 10.3 Å². The van der Waals surface area contributed by atoms with E-state index in [9.17, 15) is 10.1 Å². The summed E-state index contributed by atoms with van der Waals surface area (Å²) in [6.45, 7) is 4.45. The zero-order chi connectivity index (χ0) is 23.1. The second-order valence-electron chi connectivity index (χ2n) is 7.40. The number of ether oxygens (including phenoxy) is 2. The number of carbonyl (C=O) groups is 1. The SMILES string of the molecule is CC[C@H](C)Oc1cc(Br)c(/C=C(/C#N)C(=O)NCCc2c[nH]c3ccccc23)cc1OC. The highest BCUT2D eigenvalue weighted by Crippen LogP contribution is 2.35. The third kappa shape index (κ3) is 5.51. The molecule has 32 heavy (non-hydrogen) atoms. The van der Waals surface area contributed by atoms with Gasteiger partial charge in [-0.1, -0.05) is 41.1 Å². The van der Waals surface area contributed by atoms with Crippen LogP contribution in [0.1, 0.15) is 31.4 Å². The molecular weight excluding hydrogens is 470 g/mol. The summed E-state index contributed by atoms with van der Waals surface area (Å²) < 4.78 is 12.0. The topological polar surface area (TPSA) is 87.1 Å². The van der Waals surface area contributed by atoms with Gasteiger partial charge in [0.05, 0.1) is 13.2 Å². The summed E-state index contributed by atoms with van der Waals surface area (Å²) in [5.41, 5.74) is 2.85. The molecule has 0 saturated heterocycles. The van der Waals surface area contributed by atoms with E-state index in [0.717, 1.165) is 22.9 Å². The lowest BCUT2D eigenvalue weighted by molar-refractivity contribution is -0.117. The number of hydrogen-bond donors (Lipinski definition) is 2. The minimum Gasteiger partial charge on any atom is -0.493 e. The fourth-order valence-corrected chi connectivity index (χ4v) is 3.70. The fraction of sp³-hybridized carbons (Fsp3) is 0.280. The van der Waals surface area contributed by atoms with E-state index in [1.165, 1.54) is 0 Å². The number of fused-ring (bicyclic) bond motifs is 1. The highest BCUT2D eigenvalue weighted by molar-refractivity contribution is 9.10. The normalized spacial score (nSPS) is 12.3. The summed E-state index contributed by atoms with van der Waals surface area (Å²) in [4.78, 5) is 15.8. The van der Waals surface area contributed by atoms with E-state index < -0.39 is 5.91 Å². The Labute approximate surface area is 196 Å². The van der Waals surface area contributed by atoms with Crippen LogP contribution >= 0.6 is 15.9 Å². The van der Waals surface area contributed by atoms with Crippen LogP contribution < -0.4 is 14.8 Å². The van der Waals surface area contributed by atoms with E-state index >= 15 is 0 Å². The van der Waals surface area contributed by atoms with Crippen molar-refractivity contribution in [3.05, 3.63) is 63.8 Å². The van der Waals surface area contributed by atoms with Gasteiger partial charge in [-0.3, -0.25) is 4.79 Å². The number of nitriles is 1. The van der Waals surface area contributed by atoms with Crippen LogP contribution in [0, 0.1) is 11.3 Å². The molecule has 0 saturated carbocycles. The number of methoxy groups -OCH3 is 1. The number of carbonyl (C=O) groups excluding carboxylic acids is 1. The molecule has 0 bridgehead atoms. The molecule has 3 aromatic rings. The van der Waals surface area contributed by atoms with Gasteiger partial charge >= 0.3 is 0 Å². The summed E-state index contributed by atoms with van der Waals surface area (Å²) in [6, 6.07) is 13.6. The van der Waals surface area contributed by atoms with Gasteiger partial charge in [0, 0.05) is 28.1 Å². The second-order valence-corrected chi connectivity index (χ2v) is 8.25. The number of halogens is 1. The number of aromatic nitrogens is 1. The molecule has 0 radical (unpaired) electrons. The number of H-pyrrole nitrogens is 1. The molecule has 0 unspecified atom stereocenters. The fourth-order valence-electron chi connectivity index (χ4n) is 3.26. The maximum Gasteiger partial charge on any atom is 0.261 e. The smallest absolute Gasteiger partial charge is 0.261 e. The Kier molecular flexibility index (Phi) is 7.96. The number of benzene rings is 2. The summed E-state index contributed by atoms with van der Waals surface area (Å²) in [7, 11) is 1.56. The van der Waals surface area contributed by atoms with Gasteiger partial charge in [-0.05, 0) is 55.2 Å². The molecule has 166 valence electrons. The third-order valence-corrected chi connectivity index (χ3v) is 5.89. The van der Waals surface area contributed by atoms with Crippen molar-refractivity contribution in [2.24, 2.45) is 0 Å². The lowest BCUT2D eigenvalue weighted by Crippen LogP contribution is -2.26. The van der Waals surface area contributed by atoms with Crippen molar-refractivity contribution in [2.45, 2.75) is 32.8 Å². The number of rotatable bonds is 9. The van der Waals surface area contributed by atoms with Gasteiger partial charge in [-0.15, -0.1) is 0 Å². The number of hydrogen-bond acceptors (Lipinski definition) is 4. The highest BCUT2D eigenvalue weighted by atomic mass is 79.9. The van der Waals surface area contributed by atoms with Crippen LogP contribution in [0.15, 0.2) is 52.6 Å². The Bertz CT molecular complexity index is 1180. The molecule has 0 aliphatic heterocycles. The average Bonchev–Trinajstić information content (AvgIpc) is 3.21. The first-order valence-electron chi connectivity index (χ1n) is 10.5. The molecule has 1 aromatic heterocycles. The molecule has 2 N–H and O–H groups in total. The monoisotopic (exact) mass is 495 g/mol. The third-order valence-electron chi connectivity index (χ3n) is 5.21. The van der Waals surface area contributed by atoms with Crippen molar-refractivity contribution >= 4 is 38.8 Å². The molecule has 6 nitrogen and oxygen atoms in total. The predicted octanol–water partition coefficient (Wildman–Crippen LogP) is 5.38. The lowest BCUT2D eigenvalue weighted by atomic mass is 10.1. The average molecular weight is 496 g/mol. The van der Waals surface area contributed by atoms with Gasteiger partial charge in [-0.25, -0.2) is 0 Å². The van der Waals surface area contributed by atoms with E-state index in [4.69, 9.17) is 9.47 Å². The minimum atomic E-state index is -0.418. The molecule has 0 aliphatic carbocycles. The van der Waals surface area contributed by atoms with Crippen LogP contribution in [-0.2, 0) is 11.2 Å². The first-order chi connectivity index (χ1) is 15.5. The van der Waals surface area contributed by atoms with Crippen LogP contribution in [0.5, 0.6) is 11.5 Å². The number of aromatic amines is 1. The molecule has 1 atom stereocenters. The summed E-state index contributed by atoms with van der Waals surface area (Å²) in [6.07, 6.45) is 5.05. The number of amides is 1. The van der Waals surface area contributed by atoms with Crippen molar-refractivity contribution in [1.29, 1.82) is 5.26 Å².